The number of anilines is 1. The van der Waals surface area contributed by atoms with Crippen molar-refractivity contribution in [1.82, 2.24) is 4.98 Å². The second-order valence-electron chi connectivity index (χ2n) is 7.79. The zero-order valence-corrected chi connectivity index (χ0v) is 20.5. The number of amides is 1. The van der Waals surface area contributed by atoms with E-state index >= 15 is 0 Å². The van der Waals surface area contributed by atoms with Gasteiger partial charge in [0, 0.05) is 29.2 Å². The molecule has 0 atom stereocenters. The Morgan fingerprint density at radius 2 is 1.94 bits per heavy atom. The molecule has 1 amide bonds. The number of methoxy groups -OCH3 is 1. The summed E-state index contributed by atoms with van der Waals surface area (Å²) < 4.78 is 11.4. The SMILES string of the molecule is COc1cc(C=CC(=O)Nc2nc(-c3cccc([N+](=O)[O-])c3)cs2)ccc1OCc1ccccc1C. The standard InChI is InChI=1S/C27H23N3O5S/c1-18-6-3-4-7-21(18)16-35-24-12-10-19(14-25(24)34-2)11-13-26(31)29-27-28-23(17-36-27)20-8-5-9-22(15-20)30(32)33/h3-15,17H,16H2,1-2H3,(H,28,29,31). The summed E-state index contributed by atoms with van der Waals surface area (Å²) >= 11 is 1.24. The van der Waals surface area contributed by atoms with Crippen LogP contribution in [0.1, 0.15) is 16.7 Å². The van der Waals surface area contributed by atoms with Crippen LogP contribution in [-0.4, -0.2) is 22.9 Å². The fraction of sp³-hybridized carbons (Fsp3) is 0.111. The minimum absolute atomic E-state index is 0.0176. The van der Waals surface area contributed by atoms with Crippen LogP contribution in [0.5, 0.6) is 11.5 Å². The van der Waals surface area contributed by atoms with Gasteiger partial charge in [0.05, 0.1) is 17.7 Å². The van der Waals surface area contributed by atoms with E-state index in [0.717, 1.165) is 16.7 Å². The second kappa shape index (κ2) is 11.3. The highest BCUT2D eigenvalue weighted by Crippen LogP contribution is 2.30. The molecule has 4 aromatic rings. The third-order valence-electron chi connectivity index (χ3n) is 5.35. The van der Waals surface area contributed by atoms with Gasteiger partial charge in [-0.1, -0.05) is 42.5 Å². The monoisotopic (exact) mass is 501 g/mol. The molecular weight excluding hydrogens is 478 g/mol. The number of aromatic nitrogens is 1. The predicted molar refractivity (Wildman–Crippen MR) is 140 cm³/mol. The van der Waals surface area contributed by atoms with E-state index in [4.69, 9.17) is 9.47 Å². The number of thiazole rings is 1. The summed E-state index contributed by atoms with van der Waals surface area (Å²) in [5, 5.41) is 15.8. The van der Waals surface area contributed by atoms with Gasteiger partial charge >= 0.3 is 0 Å². The van der Waals surface area contributed by atoms with Crippen molar-refractivity contribution in [2.75, 3.05) is 12.4 Å². The molecule has 9 heteroatoms. The van der Waals surface area contributed by atoms with Gasteiger partial charge < -0.3 is 9.47 Å². The fourth-order valence-electron chi connectivity index (χ4n) is 3.40. The van der Waals surface area contributed by atoms with Crippen molar-refractivity contribution < 1.29 is 19.2 Å². The molecule has 0 bridgehead atoms. The molecule has 0 radical (unpaired) electrons. The molecular formula is C27H23N3O5S. The lowest BCUT2D eigenvalue weighted by Gasteiger charge is -2.12. The second-order valence-corrected chi connectivity index (χ2v) is 8.65. The Morgan fingerprint density at radius 3 is 2.72 bits per heavy atom. The number of nitrogens with one attached hydrogen (secondary N) is 1. The molecule has 4 rings (SSSR count). The van der Waals surface area contributed by atoms with Crippen molar-refractivity contribution in [3.63, 3.8) is 0 Å². The number of aryl methyl sites for hydroxylation is 1. The lowest BCUT2D eigenvalue weighted by atomic mass is 10.1. The highest BCUT2D eigenvalue weighted by Gasteiger charge is 2.11. The summed E-state index contributed by atoms with van der Waals surface area (Å²) in [5.41, 5.74) is 4.15. The zero-order valence-electron chi connectivity index (χ0n) is 19.6. The van der Waals surface area contributed by atoms with Crippen LogP contribution < -0.4 is 14.8 Å². The Balaban J connectivity index is 1.38. The van der Waals surface area contributed by atoms with Crippen LogP contribution in [0.25, 0.3) is 17.3 Å². The van der Waals surface area contributed by atoms with E-state index in [2.05, 4.69) is 10.3 Å². The smallest absolute Gasteiger partial charge is 0.270 e. The summed E-state index contributed by atoms with van der Waals surface area (Å²) in [4.78, 5) is 27.3. The highest BCUT2D eigenvalue weighted by molar-refractivity contribution is 7.14. The predicted octanol–water partition coefficient (Wildman–Crippen LogP) is 6.27. The van der Waals surface area contributed by atoms with Crippen molar-refractivity contribution in [2.24, 2.45) is 0 Å². The van der Waals surface area contributed by atoms with Crippen LogP contribution in [-0.2, 0) is 11.4 Å². The molecule has 0 saturated heterocycles. The van der Waals surface area contributed by atoms with Crippen molar-refractivity contribution in [1.29, 1.82) is 0 Å². The highest BCUT2D eigenvalue weighted by atomic mass is 32.1. The molecule has 0 aliphatic carbocycles. The maximum atomic E-state index is 12.4. The van der Waals surface area contributed by atoms with Gasteiger partial charge in [-0.25, -0.2) is 4.98 Å². The molecule has 36 heavy (non-hydrogen) atoms. The van der Waals surface area contributed by atoms with E-state index in [-0.39, 0.29) is 11.6 Å². The zero-order chi connectivity index (χ0) is 25.5. The molecule has 8 nitrogen and oxygen atoms in total. The van der Waals surface area contributed by atoms with E-state index in [1.165, 1.54) is 29.5 Å². The maximum absolute atomic E-state index is 12.4. The maximum Gasteiger partial charge on any atom is 0.270 e. The number of benzene rings is 3. The number of nitro groups is 1. The van der Waals surface area contributed by atoms with Crippen molar-refractivity contribution >= 4 is 34.1 Å². The molecule has 0 unspecified atom stereocenters. The third kappa shape index (κ3) is 6.13. The van der Waals surface area contributed by atoms with Crippen LogP contribution in [0, 0.1) is 17.0 Å². The number of nitrogens with zero attached hydrogens (tertiary/aromatic N) is 2. The first kappa shape index (κ1) is 24.6. The largest absolute Gasteiger partial charge is 0.493 e. The molecule has 1 aromatic heterocycles. The Hall–Kier alpha value is -4.50. The first-order valence-corrected chi connectivity index (χ1v) is 11.9. The minimum Gasteiger partial charge on any atom is -0.493 e. The molecule has 0 spiro atoms. The number of hydrogen-bond donors (Lipinski definition) is 1. The van der Waals surface area contributed by atoms with Gasteiger partial charge in [0.2, 0.25) is 5.91 Å². The topological polar surface area (TPSA) is 104 Å². The fourth-order valence-corrected chi connectivity index (χ4v) is 4.12. The number of rotatable bonds is 9. The summed E-state index contributed by atoms with van der Waals surface area (Å²) in [6.45, 7) is 2.46. The molecule has 1 N–H and O–H groups in total. The van der Waals surface area contributed by atoms with Gasteiger partial charge in [0.25, 0.3) is 5.69 Å². The molecule has 0 aliphatic heterocycles. The van der Waals surface area contributed by atoms with Crippen LogP contribution in [0.15, 0.2) is 78.2 Å². The molecule has 1 heterocycles. The Bertz CT molecular complexity index is 1430. The number of ether oxygens (including phenoxy) is 2. The van der Waals surface area contributed by atoms with Gasteiger partial charge in [-0.05, 0) is 41.8 Å². The van der Waals surface area contributed by atoms with Crippen LogP contribution in [0.4, 0.5) is 10.8 Å². The van der Waals surface area contributed by atoms with Gasteiger partial charge in [-0.15, -0.1) is 11.3 Å². The van der Waals surface area contributed by atoms with Crippen LogP contribution >= 0.6 is 11.3 Å². The molecule has 0 aliphatic rings. The minimum atomic E-state index is -0.457. The Labute approximate surface area is 212 Å². The average Bonchev–Trinajstić information content (AvgIpc) is 3.35. The molecule has 0 saturated carbocycles. The molecule has 182 valence electrons. The lowest BCUT2D eigenvalue weighted by Crippen LogP contribution is -2.07. The molecule has 0 fully saturated rings. The number of carbonyl (C=O) groups is 1. The van der Waals surface area contributed by atoms with Gasteiger partial charge in [0.1, 0.15) is 6.61 Å². The number of hydrogen-bond acceptors (Lipinski definition) is 7. The Kier molecular flexibility index (Phi) is 7.72. The van der Waals surface area contributed by atoms with Crippen LogP contribution in [0.3, 0.4) is 0 Å². The van der Waals surface area contributed by atoms with E-state index in [9.17, 15) is 14.9 Å². The van der Waals surface area contributed by atoms with E-state index in [1.807, 2.05) is 37.3 Å². The van der Waals surface area contributed by atoms with Gasteiger partial charge in [-0.3, -0.25) is 20.2 Å². The number of nitro benzene ring substituents is 1. The lowest BCUT2D eigenvalue weighted by molar-refractivity contribution is -0.384. The quantitative estimate of drug-likeness (QED) is 0.165. The number of non-ortho nitro benzene ring substituents is 1. The Morgan fingerprint density at radius 1 is 1.11 bits per heavy atom. The molecule has 3 aromatic carbocycles. The first-order valence-electron chi connectivity index (χ1n) is 11.0. The first-order chi connectivity index (χ1) is 17.4. The average molecular weight is 502 g/mol. The number of carbonyl (C=O) groups excluding carboxylic acids is 1. The normalized spacial score (nSPS) is 10.8. The van der Waals surface area contributed by atoms with E-state index in [0.29, 0.717) is 34.5 Å². The summed E-state index contributed by atoms with van der Waals surface area (Å²) in [6, 6.07) is 19.6. The van der Waals surface area contributed by atoms with Crippen molar-refractivity contribution in [2.45, 2.75) is 13.5 Å². The summed E-state index contributed by atoms with van der Waals surface area (Å²) in [5.74, 6) is 0.820. The van der Waals surface area contributed by atoms with Gasteiger partial charge in [-0.2, -0.15) is 0 Å². The van der Waals surface area contributed by atoms with E-state index < -0.39 is 4.92 Å². The van der Waals surface area contributed by atoms with Crippen LogP contribution in [0.2, 0.25) is 0 Å². The third-order valence-corrected chi connectivity index (χ3v) is 6.10. The van der Waals surface area contributed by atoms with Crippen molar-refractivity contribution in [3.8, 4) is 22.8 Å². The van der Waals surface area contributed by atoms with Gasteiger partial charge in [0.15, 0.2) is 16.6 Å². The van der Waals surface area contributed by atoms with E-state index in [1.54, 1.807) is 42.8 Å². The van der Waals surface area contributed by atoms with Crippen molar-refractivity contribution in [3.05, 3.63) is 105 Å². The summed E-state index contributed by atoms with van der Waals surface area (Å²) in [7, 11) is 1.57. The summed E-state index contributed by atoms with van der Waals surface area (Å²) in [6.07, 6.45) is 3.06.